The smallest absolute Gasteiger partial charge is 0.324 e. The van der Waals surface area contributed by atoms with Gasteiger partial charge in [0.1, 0.15) is 6.04 Å². The highest BCUT2D eigenvalue weighted by Gasteiger charge is 2.66. The van der Waals surface area contributed by atoms with Gasteiger partial charge in [-0.1, -0.05) is 96.6 Å². The molecule has 6 nitrogen and oxygen atoms in total. The second-order valence-electron chi connectivity index (χ2n) is 9.66. The molecular formula is C31H27NO5S. The van der Waals surface area contributed by atoms with Crippen LogP contribution in [0.4, 0.5) is 0 Å². The number of benzene rings is 4. The summed E-state index contributed by atoms with van der Waals surface area (Å²) in [6.07, 6.45) is 0. The third-order valence-corrected chi connectivity index (χ3v) is 8.88. The number of nitrogens with zero attached hydrogens (tertiary/aromatic N) is 1. The van der Waals surface area contributed by atoms with E-state index >= 15 is 0 Å². The van der Waals surface area contributed by atoms with Crippen molar-refractivity contribution >= 4 is 16.1 Å². The van der Waals surface area contributed by atoms with Gasteiger partial charge in [-0.3, -0.25) is 13.9 Å². The third kappa shape index (κ3) is 3.69. The summed E-state index contributed by atoms with van der Waals surface area (Å²) in [4.78, 5) is 15.2. The van der Waals surface area contributed by atoms with Gasteiger partial charge in [0, 0.05) is 0 Å². The molecule has 2 aliphatic rings. The predicted octanol–water partition coefficient (Wildman–Crippen LogP) is 4.90. The van der Waals surface area contributed by atoms with E-state index < -0.39 is 33.7 Å². The van der Waals surface area contributed by atoms with Gasteiger partial charge in [-0.15, -0.1) is 0 Å². The molecule has 0 bridgehead atoms. The number of rotatable bonds is 7. The highest BCUT2D eigenvalue weighted by molar-refractivity contribution is 7.86. The Labute approximate surface area is 222 Å². The third-order valence-electron chi connectivity index (χ3n) is 7.58. The number of carbonyl (C=O) groups is 1. The molecule has 0 N–H and O–H groups in total. The summed E-state index contributed by atoms with van der Waals surface area (Å²) < 4.78 is 36.8. The molecule has 1 saturated heterocycles. The molecular weight excluding hydrogens is 498 g/mol. The molecule has 1 fully saturated rings. The summed E-state index contributed by atoms with van der Waals surface area (Å²) in [7, 11) is -2.67. The van der Waals surface area contributed by atoms with Gasteiger partial charge in [-0.25, -0.2) is 0 Å². The van der Waals surface area contributed by atoms with Crippen LogP contribution in [0.2, 0.25) is 0 Å². The van der Waals surface area contributed by atoms with Gasteiger partial charge in [-0.05, 0) is 46.9 Å². The zero-order chi connectivity index (χ0) is 26.5. The molecule has 0 aromatic heterocycles. The Morgan fingerprint density at radius 1 is 0.816 bits per heavy atom. The van der Waals surface area contributed by atoms with Gasteiger partial charge in [0.15, 0.2) is 0 Å². The molecule has 0 saturated carbocycles. The highest BCUT2D eigenvalue weighted by atomic mass is 32.2. The van der Waals surface area contributed by atoms with Crippen molar-refractivity contribution in [2.45, 2.75) is 29.4 Å². The van der Waals surface area contributed by atoms with Crippen LogP contribution in [-0.2, 0) is 29.4 Å². The summed E-state index contributed by atoms with van der Waals surface area (Å²) in [5.41, 5.74) is 5.33. The minimum absolute atomic E-state index is 0.0826. The molecule has 1 unspecified atom stereocenters. The van der Waals surface area contributed by atoms with Crippen LogP contribution in [0.5, 0.6) is 0 Å². The van der Waals surface area contributed by atoms with Crippen molar-refractivity contribution in [3.05, 3.63) is 125 Å². The van der Waals surface area contributed by atoms with Crippen molar-refractivity contribution in [2.75, 3.05) is 13.7 Å². The topological polar surface area (TPSA) is 72.7 Å². The maximum absolute atomic E-state index is 13.1. The van der Waals surface area contributed by atoms with Crippen LogP contribution < -0.4 is 0 Å². The molecule has 1 aliphatic carbocycles. The number of aryl methyl sites for hydroxylation is 1. The predicted molar refractivity (Wildman–Crippen MR) is 144 cm³/mol. The molecule has 6 rings (SSSR count). The number of ether oxygens (including phenoxy) is 1. The number of esters is 1. The zero-order valence-corrected chi connectivity index (χ0v) is 21.9. The van der Waals surface area contributed by atoms with Crippen LogP contribution in [0.1, 0.15) is 22.3 Å². The molecule has 0 spiro atoms. The summed E-state index contributed by atoms with van der Waals surface area (Å²) >= 11 is 0. The molecule has 1 aliphatic heterocycles. The fourth-order valence-electron chi connectivity index (χ4n) is 5.86. The molecule has 1 heterocycles. The van der Waals surface area contributed by atoms with Crippen molar-refractivity contribution in [3.8, 4) is 11.1 Å². The summed E-state index contributed by atoms with van der Waals surface area (Å²) in [6.45, 7) is 1.70. The Morgan fingerprint density at radius 3 is 1.95 bits per heavy atom. The average Bonchev–Trinajstić information content (AvgIpc) is 3.60. The lowest BCUT2D eigenvalue weighted by molar-refractivity contribution is -0.141. The van der Waals surface area contributed by atoms with Crippen molar-refractivity contribution in [3.63, 3.8) is 0 Å². The molecule has 4 aromatic rings. The highest BCUT2D eigenvalue weighted by Crippen LogP contribution is 2.59. The van der Waals surface area contributed by atoms with Gasteiger partial charge in [-0.2, -0.15) is 8.42 Å². The molecule has 38 heavy (non-hydrogen) atoms. The van der Waals surface area contributed by atoms with Crippen molar-refractivity contribution in [1.29, 1.82) is 0 Å². The molecule has 0 radical (unpaired) electrons. The quantitative estimate of drug-likeness (QED) is 0.194. The zero-order valence-electron chi connectivity index (χ0n) is 21.1. The molecule has 3 atom stereocenters. The molecule has 4 aromatic carbocycles. The Balaban J connectivity index is 1.47. The lowest BCUT2D eigenvalue weighted by Gasteiger charge is -2.35. The van der Waals surface area contributed by atoms with Crippen LogP contribution in [0.3, 0.4) is 0 Å². The lowest BCUT2D eigenvalue weighted by atomic mass is 9.80. The Hall–Kier alpha value is -3.78. The van der Waals surface area contributed by atoms with Gasteiger partial charge in [0.05, 0.1) is 30.2 Å². The van der Waals surface area contributed by atoms with E-state index in [4.69, 9.17) is 8.92 Å². The van der Waals surface area contributed by atoms with E-state index in [1.54, 1.807) is 12.1 Å². The number of hydrogen-bond donors (Lipinski definition) is 0. The van der Waals surface area contributed by atoms with E-state index in [1.807, 2.05) is 66.4 Å². The fourth-order valence-corrected chi connectivity index (χ4v) is 6.79. The van der Waals surface area contributed by atoms with Crippen LogP contribution in [-0.4, -0.2) is 45.1 Å². The fraction of sp³-hybridized carbons (Fsp3) is 0.194. The maximum Gasteiger partial charge on any atom is 0.324 e. The van der Waals surface area contributed by atoms with E-state index in [0.29, 0.717) is 0 Å². The first-order valence-corrected chi connectivity index (χ1v) is 13.9. The Bertz CT molecular complexity index is 1570. The first-order valence-electron chi connectivity index (χ1n) is 12.5. The van der Waals surface area contributed by atoms with E-state index in [1.165, 1.54) is 19.2 Å². The minimum Gasteiger partial charge on any atom is -0.468 e. The van der Waals surface area contributed by atoms with E-state index in [-0.39, 0.29) is 11.5 Å². The number of fused-ring (bicyclic) bond motifs is 3. The summed E-state index contributed by atoms with van der Waals surface area (Å²) in [6, 6.07) is 31.6. The first-order chi connectivity index (χ1) is 18.4. The van der Waals surface area contributed by atoms with Gasteiger partial charge in [0.2, 0.25) is 0 Å². The summed E-state index contributed by atoms with van der Waals surface area (Å²) in [5.74, 6) is -0.427. The van der Waals surface area contributed by atoms with Gasteiger partial charge in [0.25, 0.3) is 10.1 Å². The molecule has 7 heteroatoms. The van der Waals surface area contributed by atoms with Crippen molar-refractivity contribution < 1.29 is 22.1 Å². The normalized spacial score (nSPS) is 20.8. The molecule has 192 valence electrons. The average molecular weight is 526 g/mol. The number of methoxy groups -OCH3 is 1. The standard InChI is InChI=1S/C31H27NO5S/c1-21-16-18-23(19-17-21)38(34,35)37-20-28-29(30(33)36-2)32(28)31(22-10-4-3-5-11-22)26-14-8-6-12-24(26)25-13-7-9-15-27(25)31/h3-19,28-29H,20H2,1-2H3/t28-,29-,32?/m0/s1. The SMILES string of the molecule is COC(=O)[C@@H]1[C@H](COS(=O)(=O)c2ccc(C)cc2)N1C1(c2ccccc2)c2ccccc2-c2ccccc21. The van der Waals surface area contributed by atoms with E-state index in [9.17, 15) is 13.2 Å². The van der Waals surface area contributed by atoms with Crippen LogP contribution in [0.15, 0.2) is 108 Å². The van der Waals surface area contributed by atoms with E-state index in [0.717, 1.165) is 33.4 Å². The largest absolute Gasteiger partial charge is 0.468 e. The molecule has 0 amide bonds. The van der Waals surface area contributed by atoms with Crippen molar-refractivity contribution in [1.82, 2.24) is 4.90 Å². The lowest BCUT2D eigenvalue weighted by Crippen LogP contribution is -2.39. The summed E-state index contributed by atoms with van der Waals surface area (Å²) in [5, 5.41) is 0. The van der Waals surface area contributed by atoms with E-state index in [2.05, 4.69) is 24.3 Å². The number of hydrogen-bond acceptors (Lipinski definition) is 6. The van der Waals surface area contributed by atoms with Gasteiger partial charge >= 0.3 is 5.97 Å². The van der Waals surface area contributed by atoms with Crippen LogP contribution in [0, 0.1) is 6.92 Å². The van der Waals surface area contributed by atoms with Crippen LogP contribution in [0.25, 0.3) is 11.1 Å². The van der Waals surface area contributed by atoms with Crippen molar-refractivity contribution in [2.24, 2.45) is 0 Å². The monoisotopic (exact) mass is 525 g/mol. The number of carbonyl (C=O) groups excluding carboxylic acids is 1. The Morgan fingerprint density at radius 2 is 1.37 bits per heavy atom. The van der Waals surface area contributed by atoms with Crippen LogP contribution >= 0.6 is 0 Å². The Kier molecular flexibility index (Phi) is 5.94. The van der Waals surface area contributed by atoms with Gasteiger partial charge < -0.3 is 4.74 Å². The minimum atomic E-state index is -4.02. The first kappa shape index (κ1) is 24.6. The maximum atomic E-state index is 13.1. The second kappa shape index (κ2) is 9.20. The second-order valence-corrected chi connectivity index (χ2v) is 11.3.